The minimum absolute atomic E-state index is 0.0735. The third-order valence-corrected chi connectivity index (χ3v) is 3.70. The van der Waals surface area contributed by atoms with Crippen molar-refractivity contribution in [2.24, 2.45) is 23.5 Å². The molecule has 2 heterocycles. The standard InChI is InChI=1S/C14H22N4O2/c1-9(2)5-18-7-11(4-16-18)14(20)17-6-10(3)12(8-17)13(15)19/h4,7,9-10,12H,5-6,8H2,1-3H3,(H2,15,19)/t10-,12-/m1/s1. The Labute approximate surface area is 118 Å². The van der Waals surface area contributed by atoms with Gasteiger partial charge in [0.2, 0.25) is 5.91 Å². The van der Waals surface area contributed by atoms with Gasteiger partial charge in [0.25, 0.3) is 5.91 Å². The number of primary amides is 1. The summed E-state index contributed by atoms with van der Waals surface area (Å²) in [5.41, 5.74) is 5.93. The first-order chi connectivity index (χ1) is 9.38. The van der Waals surface area contributed by atoms with Gasteiger partial charge in [0.1, 0.15) is 0 Å². The van der Waals surface area contributed by atoms with Gasteiger partial charge in [-0.3, -0.25) is 14.3 Å². The molecule has 0 aliphatic carbocycles. The van der Waals surface area contributed by atoms with Crippen LogP contribution in [-0.4, -0.2) is 39.6 Å². The molecule has 2 atom stereocenters. The number of hydrogen-bond donors (Lipinski definition) is 1. The van der Waals surface area contributed by atoms with Crippen molar-refractivity contribution in [2.75, 3.05) is 13.1 Å². The third-order valence-electron chi connectivity index (χ3n) is 3.70. The zero-order chi connectivity index (χ0) is 14.9. The number of rotatable bonds is 4. The van der Waals surface area contributed by atoms with Gasteiger partial charge in [0.15, 0.2) is 0 Å². The highest BCUT2D eigenvalue weighted by atomic mass is 16.2. The van der Waals surface area contributed by atoms with Crippen LogP contribution < -0.4 is 5.73 Å². The molecule has 1 aromatic rings. The molecular formula is C14H22N4O2. The second kappa shape index (κ2) is 5.64. The van der Waals surface area contributed by atoms with Gasteiger partial charge in [-0.25, -0.2) is 0 Å². The summed E-state index contributed by atoms with van der Waals surface area (Å²) in [4.78, 5) is 25.4. The van der Waals surface area contributed by atoms with Crippen LogP contribution in [0.15, 0.2) is 12.4 Å². The lowest BCUT2D eigenvalue weighted by atomic mass is 9.98. The van der Waals surface area contributed by atoms with Crippen LogP contribution in [0.3, 0.4) is 0 Å². The van der Waals surface area contributed by atoms with Gasteiger partial charge in [-0.1, -0.05) is 20.8 Å². The van der Waals surface area contributed by atoms with E-state index >= 15 is 0 Å². The molecule has 0 aromatic carbocycles. The fraction of sp³-hybridized carbons (Fsp3) is 0.643. The van der Waals surface area contributed by atoms with Gasteiger partial charge >= 0.3 is 0 Å². The van der Waals surface area contributed by atoms with Crippen LogP contribution in [0.25, 0.3) is 0 Å². The molecule has 1 aliphatic heterocycles. The predicted molar refractivity (Wildman–Crippen MR) is 74.8 cm³/mol. The van der Waals surface area contributed by atoms with Crippen molar-refractivity contribution < 1.29 is 9.59 Å². The molecular weight excluding hydrogens is 256 g/mol. The number of nitrogens with two attached hydrogens (primary N) is 1. The summed E-state index contributed by atoms with van der Waals surface area (Å²) >= 11 is 0. The van der Waals surface area contributed by atoms with Crippen molar-refractivity contribution in [2.45, 2.75) is 27.3 Å². The lowest BCUT2D eigenvalue weighted by molar-refractivity contribution is -0.122. The molecule has 0 radical (unpaired) electrons. The average Bonchev–Trinajstić information content (AvgIpc) is 2.94. The van der Waals surface area contributed by atoms with Crippen LogP contribution in [0.5, 0.6) is 0 Å². The number of aromatic nitrogens is 2. The van der Waals surface area contributed by atoms with E-state index < -0.39 is 0 Å². The quantitative estimate of drug-likeness (QED) is 0.881. The number of carbonyl (C=O) groups excluding carboxylic acids is 2. The molecule has 1 aliphatic rings. The Hall–Kier alpha value is -1.85. The van der Waals surface area contributed by atoms with Gasteiger partial charge in [0, 0.05) is 25.8 Å². The number of nitrogens with zero attached hydrogens (tertiary/aromatic N) is 3. The lowest BCUT2D eigenvalue weighted by Crippen LogP contribution is -2.31. The van der Waals surface area contributed by atoms with Crippen LogP contribution >= 0.6 is 0 Å². The Kier molecular flexibility index (Phi) is 4.11. The van der Waals surface area contributed by atoms with E-state index in [1.54, 1.807) is 22.0 Å². The zero-order valence-electron chi connectivity index (χ0n) is 12.2. The Morgan fingerprint density at radius 3 is 2.70 bits per heavy atom. The fourth-order valence-corrected chi connectivity index (χ4v) is 2.63. The number of amides is 2. The third kappa shape index (κ3) is 3.00. The Morgan fingerprint density at radius 1 is 1.45 bits per heavy atom. The lowest BCUT2D eigenvalue weighted by Gasteiger charge is -2.14. The van der Waals surface area contributed by atoms with Crippen LogP contribution in [0.1, 0.15) is 31.1 Å². The molecule has 1 fully saturated rings. The van der Waals surface area contributed by atoms with Gasteiger partial charge in [-0.05, 0) is 11.8 Å². The molecule has 0 unspecified atom stereocenters. The smallest absolute Gasteiger partial charge is 0.257 e. The van der Waals surface area contributed by atoms with E-state index in [4.69, 9.17) is 5.73 Å². The van der Waals surface area contributed by atoms with E-state index in [1.807, 2.05) is 6.92 Å². The molecule has 0 saturated carbocycles. The van der Waals surface area contributed by atoms with Crippen molar-refractivity contribution in [3.05, 3.63) is 18.0 Å². The summed E-state index contributed by atoms with van der Waals surface area (Å²) < 4.78 is 1.78. The number of hydrogen-bond acceptors (Lipinski definition) is 3. The van der Waals surface area contributed by atoms with E-state index in [-0.39, 0.29) is 23.7 Å². The van der Waals surface area contributed by atoms with Gasteiger partial charge in [-0.15, -0.1) is 0 Å². The molecule has 0 spiro atoms. The topological polar surface area (TPSA) is 81.2 Å². The monoisotopic (exact) mass is 278 g/mol. The Bertz CT molecular complexity index is 509. The van der Waals surface area contributed by atoms with Crippen molar-refractivity contribution in [1.29, 1.82) is 0 Å². The molecule has 6 heteroatoms. The van der Waals surface area contributed by atoms with Crippen molar-refractivity contribution in [3.8, 4) is 0 Å². The normalized spacial score (nSPS) is 22.5. The molecule has 20 heavy (non-hydrogen) atoms. The minimum atomic E-state index is -0.330. The van der Waals surface area contributed by atoms with Crippen LogP contribution in [0.4, 0.5) is 0 Å². The summed E-state index contributed by atoms with van der Waals surface area (Å²) in [5.74, 6) is -0.0605. The predicted octanol–water partition coefficient (Wildman–Crippen LogP) is 0.733. The summed E-state index contributed by atoms with van der Waals surface area (Å²) in [5, 5.41) is 4.20. The summed E-state index contributed by atoms with van der Waals surface area (Å²) in [7, 11) is 0. The Morgan fingerprint density at radius 2 is 2.15 bits per heavy atom. The van der Waals surface area contributed by atoms with E-state index in [2.05, 4.69) is 18.9 Å². The summed E-state index contributed by atoms with van der Waals surface area (Å²) in [6, 6.07) is 0. The Balaban J connectivity index is 2.05. The van der Waals surface area contributed by atoms with Crippen LogP contribution in [-0.2, 0) is 11.3 Å². The largest absolute Gasteiger partial charge is 0.369 e. The first-order valence-electron chi connectivity index (χ1n) is 6.99. The molecule has 6 nitrogen and oxygen atoms in total. The molecule has 110 valence electrons. The van der Waals surface area contributed by atoms with Crippen LogP contribution in [0.2, 0.25) is 0 Å². The maximum atomic E-state index is 12.4. The van der Waals surface area contributed by atoms with E-state index in [1.165, 1.54) is 0 Å². The molecule has 1 aromatic heterocycles. The molecule has 0 bridgehead atoms. The van der Waals surface area contributed by atoms with Gasteiger partial charge < -0.3 is 10.6 Å². The van der Waals surface area contributed by atoms with E-state index in [9.17, 15) is 9.59 Å². The highest BCUT2D eigenvalue weighted by molar-refractivity contribution is 5.94. The SMILES string of the molecule is CC(C)Cn1cc(C(=O)N2C[C@@H](C)[C@H](C(N)=O)C2)cn1. The fourth-order valence-electron chi connectivity index (χ4n) is 2.63. The van der Waals surface area contributed by atoms with Gasteiger partial charge in [-0.2, -0.15) is 5.10 Å². The maximum Gasteiger partial charge on any atom is 0.257 e. The van der Waals surface area contributed by atoms with Crippen LogP contribution in [0, 0.1) is 17.8 Å². The maximum absolute atomic E-state index is 12.4. The highest BCUT2D eigenvalue weighted by Crippen LogP contribution is 2.24. The van der Waals surface area contributed by atoms with Gasteiger partial charge in [0.05, 0.1) is 17.7 Å². The second-order valence-electron chi connectivity index (χ2n) is 6.04. The summed E-state index contributed by atoms with van der Waals surface area (Å²) in [6.07, 6.45) is 3.36. The highest BCUT2D eigenvalue weighted by Gasteiger charge is 2.36. The van der Waals surface area contributed by atoms with Crippen molar-refractivity contribution in [1.82, 2.24) is 14.7 Å². The molecule has 2 rings (SSSR count). The second-order valence-corrected chi connectivity index (χ2v) is 6.04. The zero-order valence-corrected chi connectivity index (χ0v) is 12.2. The molecule has 2 N–H and O–H groups in total. The van der Waals surface area contributed by atoms with E-state index in [0.717, 1.165) is 6.54 Å². The average molecular weight is 278 g/mol. The van der Waals surface area contributed by atoms with Crippen molar-refractivity contribution in [3.63, 3.8) is 0 Å². The first kappa shape index (κ1) is 14.6. The van der Waals surface area contributed by atoms with Crippen molar-refractivity contribution >= 4 is 11.8 Å². The number of likely N-dealkylation sites (tertiary alicyclic amines) is 1. The molecule has 1 saturated heterocycles. The summed E-state index contributed by atoms with van der Waals surface area (Å²) in [6.45, 7) is 7.91. The minimum Gasteiger partial charge on any atom is -0.369 e. The first-order valence-corrected chi connectivity index (χ1v) is 6.99. The van der Waals surface area contributed by atoms with E-state index in [0.29, 0.717) is 24.6 Å². The molecule has 2 amide bonds. The number of carbonyl (C=O) groups is 2.